The van der Waals surface area contributed by atoms with Gasteiger partial charge in [0.1, 0.15) is 6.73 Å². The molecular formula is C21H30BrN3O2S. The van der Waals surface area contributed by atoms with E-state index in [1.807, 2.05) is 37.0 Å². The predicted molar refractivity (Wildman–Crippen MR) is 123 cm³/mol. The number of halogens is 1. The fourth-order valence-electron chi connectivity index (χ4n) is 3.09. The zero-order valence-corrected chi connectivity index (χ0v) is 19.7. The smallest absolute Gasteiger partial charge is 0.139 e. The molecular weight excluding hydrogens is 438 g/mol. The SMILES string of the molecule is CC(C)(O)Cn1cc(-c2cnn(COCCS(C)(C)C)c2)c2cc(Br)ccc21. The normalized spacial score (nSPS) is 13.4. The zero-order valence-electron chi connectivity index (χ0n) is 17.3. The van der Waals surface area contributed by atoms with E-state index in [-0.39, 0.29) is 0 Å². The van der Waals surface area contributed by atoms with E-state index in [0.717, 1.165) is 38.9 Å². The first-order valence-corrected chi connectivity index (χ1v) is 13.1. The summed E-state index contributed by atoms with van der Waals surface area (Å²) in [6, 6.07) is 6.23. The first kappa shape index (κ1) is 21.4. The van der Waals surface area contributed by atoms with Crippen LogP contribution in [0.1, 0.15) is 13.8 Å². The molecule has 0 unspecified atom stereocenters. The molecule has 0 saturated carbocycles. The standard InChI is InChI=1S/C21H30BrN3O2S/c1-21(2,26)14-24-13-19(18-10-17(22)6-7-20(18)24)16-11-23-25(12-16)15-27-8-9-28(3,4)5/h6-7,10-13,26H,8-9,14-15H2,1-5H3. The van der Waals surface area contributed by atoms with Crippen molar-refractivity contribution in [1.29, 1.82) is 0 Å². The fourth-order valence-corrected chi connectivity index (χ4v) is 4.07. The van der Waals surface area contributed by atoms with E-state index in [0.29, 0.717) is 13.3 Å². The Morgan fingerprint density at radius 2 is 1.96 bits per heavy atom. The summed E-state index contributed by atoms with van der Waals surface area (Å²) in [5.41, 5.74) is 2.45. The van der Waals surface area contributed by atoms with Crippen LogP contribution in [0.3, 0.4) is 0 Å². The fraction of sp³-hybridized carbons (Fsp3) is 0.476. The molecule has 0 amide bonds. The van der Waals surface area contributed by atoms with Crippen LogP contribution in [0.15, 0.2) is 41.3 Å². The molecule has 3 aromatic rings. The Morgan fingerprint density at radius 1 is 1.21 bits per heavy atom. The highest BCUT2D eigenvalue weighted by Crippen LogP contribution is 2.34. The summed E-state index contributed by atoms with van der Waals surface area (Å²) in [4.78, 5) is 0. The molecule has 0 bridgehead atoms. The molecule has 154 valence electrons. The molecule has 0 aliphatic heterocycles. The van der Waals surface area contributed by atoms with Gasteiger partial charge in [-0.1, -0.05) is 15.9 Å². The van der Waals surface area contributed by atoms with E-state index in [9.17, 15) is 5.11 Å². The molecule has 7 heteroatoms. The number of ether oxygens (including phenoxy) is 1. The lowest BCUT2D eigenvalue weighted by molar-refractivity contribution is 0.0629. The Kier molecular flexibility index (Phi) is 6.29. The van der Waals surface area contributed by atoms with Crippen molar-refractivity contribution in [3.8, 4) is 11.1 Å². The van der Waals surface area contributed by atoms with Gasteiger partial charge < -0.3 is 14.4 Å². The third kappa shape index (κ3) is 5.63. The van der Waals surface area contributed by atoms with E-state index in [4.69, 9.17) is 4.74 Å². The molecule has 5 nitrogen and oxygen atoms in total. The summed E-state index contributed by atoms with van der Waals surface area (Å²) < 4.78 is 10.8. The number of hydrogen-bond donors (Lipinski definition) is 1. The molecule has 0 fully saturated rings. The molecule has 2 aromatic heterocycles. The van der Waals surface area contributed by atoms with Crippen molar-refractivity contribution in [2.75, 3.05) is 31.1 Å². The second kappa shape index (κ2) is 8.22. The van der Waals surface area contributed by atoms with Crippen LogP contribution in [0, 0.1) is 0 Å². The van der Waals surface area contributed by atoms with E-state index < -0.39 is 15.6 Å². The van der Waals surface area contributed by atoms with Crippen LogP contribution in [0.25, 0.3) is 22.0 Å². The summed E-state index contributed by atoms with van der Waals surface area (Å²) in [7, 11) is -0.539. The van der Waals surface area contributed by atoms with Crippen molar-refractivity contribution in [3.05, 3.63) is 41.3 Å². The Bertz CT molecular complexity index is 951. The minimum absolute atomic E-state index is 0.460. The predicted octanol–water partition coefficient (Wildman–Crippen LogP) is 4.71. The molecule has 0 spiro atoms. The molecule has 1 N–H and O–H groups in total. The average Bonchev–Trinajstić information content (AvgIpc) is 3.14. The maximum atomic E-state index is 10.3. The molecule has 1 aromatic carbocycles. The van der Waals surface area contributed by atoms with Gasteiger partial charge in [0, 0.05) is 44.6 Å². The number of aliphatic hydroxyl groups is 1. The van der Waals surface area contributed by atoms with Crippen LogP contribution < -0.4 is 0 Å². The average molecular weight is 468 g/mol. The van der Waals surface area contributed by atoms with Crippen molar-refractivity contribution in [3.63, 3.8) is 0 Å². The van der Waals surface area contributed by atoms with Gasteiger partial charge in [0.25, 0.3) is 0 Å². The maximum Gasteiger partial charge on any atom is 0.139 e. The minimum atomic E-state index is -0.788. The minimum Gasteiger partial charge on any atom is -0.389 e. The van der Waals surface area contributed by atoms with Gasteiger partial charge in [-0.25, -0.2) is 14.7 Å². The number of nitrogens with zero attached hydrogens (tertiary/aromatic N) is 3. The second-order valence-corrected chi connectivity index (χ2v) is 14.3. The molecule has 0 aliphatic rings. The first-order valence-electron chi connectivity index (χ1n) is 9.29. The van der Waals surface area contributed by atoms with Gasteiger partial charge in [-0.3, -0.25) is 0 Å². The first-order chi connectivity index (χ1) is 13.0. The lowest BCUT2D eigenvalue weighted by Crippen LogP contribution is -2.25. The number of rotatable bonds is 8. The van der Waals surface area contributed by atoms with Gasteiger partial charge in [0.05, 0.1) is 24.9 Å². The third-order valence-corrected chi connectivity index (χ3v) is 6.29. The van der Waals surface area contributed by atoms with Crippen molar-refractivity contribution >= 4 is 36.9 Å². The third-order valence-electron chi connectivity index (χ3n) is 4.41. The van der Waals surface area contributed by atoms with E-state index in [1.165, 1.54) is 0 Å². The molecule has 28 heavy (non-hydrogen) atoms. The van der Waals surface area contributed by atoms with Crippen molar-refractivity contribution < 1.29 is 9.84 Å². The highest BCUT2D eigenvalue weighted by atomic mass is 79.9. The van der Waals surface area contributed by atoms with Crippen molar-refractivity contribution in [1.82, 2.24) is 14.3 Å². The zero-order chi connectivity index (χ0) is 20.5. The molecule has 0 aliphatic carbocycles. The van der Waals surface area contributed by atoms with Gasteiger partial charge in [-0.15, -0.1) is 0 Å². The number of hydrogen-bond acceptors (Lipinski definition) is 3. The highest BCUT2D eigenvalue weighted by Gasteiger charge is 2.18. The van der Waals surface area contributed by atoms with Gasteiger partial charge in [-0.05, 0) is 50.8 Å². The number of fused-ring (bicyclic) bond motifs is 1. The quantitative estimate of drug-likeness (QED) is 0.488. The van der Waals surface area contributed by atoms with Gasteiger partial charge in [-0.2, -0.15) is 5.10 Å². The van der Waals surface area contributed by atoms with Crippen LogP contribution in [-0.2, 0) is 18.0 Å². The number of benzene rings is 1. The highest BCUT2D eigenvalue weighted by molar-refractivity contribution is 9.10. The van der Waals surface area contributed by atoms with E-state index in [1.54, 1.807) is 0 Å². The molecule has 3 rings (SSSR count). The Balaban J connectivity index is 1.83. The van der Waals surface area contributed by atoms with Crippen molar-refractivity contribution in [2.45, 2.75) is 32.7 Å². The molecule has 0 radical (unpaired) electrons. The Morgan fingerprint density at radius 3 is 2.64 bits per heavy atom. The van der Waals surface area contributed by atoms with Gasteiger partial charge in [0.15, 0.2) is 0 Å². The monoisotopic (exact) mass is 467 g/mol. The Labute approximate surface area is 177 Å². The topological polar surface area (TPSA) is 52.2 Å². The Hall–Kier alpha value is -1.28. The maximum absolute atomic E-state index is 10.3. The van der Waals surface area contributed by atoms with Crippen molar-refractivity contribution in [2.24, 2.45) is 0 Å². The molecule has 2 heterocycles. The van der Waals surface area contributed by atoms with E-state index in [2.05, 4.69) is 62.7 Å². The summed E-state index contributed by atoms with van der Waals surface area (Å²) in [6.45, 7) is 5.39. The lowest BCUT2D eigenvalue weighted by Gasteiger charge is -2.24. The van der Waals surface area contributed by atoms with Crippen LogP contribution in [0.4, 0.5) is 0 Å². The van der Waals surface area contributed by atoms with Crippen LogP contribution >= 0.6 is 26.0 Å². The second-order valence-electron chi connectivity index (χ2n) is 8.75. The van der Waals surface area contributed by atoms with E-state index >= 15 is 0 Å². The summed E-state index contributed by atoms with van der Waals surface area (Å²) >= 11 is 3.58. The molecule has 0 saturated heterocycles. The lowest BCUT2D eigenvalue weighted by atomic mass is 10.1. The molecule has 0 atom stereocenters. The summed E-state index contributed by atoms with van der Waals surface area (Å²) in [5.74, 6) is 1.10. The summed E-state index contributed by atoms with van der Waals surface area (Å²) in [6.07, 6.45) is 12.9. The number of aromatic nitrogens is 3. The van der Waals surface area contributed by atoms with Crippen LogP contribution in [0.2, 0.25) is 0 Å². The van der Waals surface area contributed by atoms with Gasteiger partial charge >= 0.3 is 0 Å². The van der Waals surface area contributed by atoms with Gasteiger partial charge in [0.2, 0.25) is 0 Å². The summed E-state index contributed by atoms with van der Waals surface area (Å²) in [5, 5.41) is 15.9. The largest absolute Gasteiger partial charge is 0.389 e. The van der Waals surface area contributed by atoms with Crippen LogP contribution in [-0.4, -0.2) is 56.2 Å². The van der Waals surface area contributed by atoms with Crippen LogP contribution in [0.5, 0.6) is 0 Å².